The van der Waals surface area contributed by atoms with Crippen LogP contribution in [0.15, 0.2) is 53.9 Å². The second kappa shape index (κ2) is 5.58. The Balaban J connectivity index is 2.13. The summed E-state index contributed by atoms with van der Waals surface area (Å²) in [5.41, 5.74) is 4.29. The molecule has 0 N–H and O–H groups in total. The maximum absolute atomic E-state index is 3.94. The van der Waals surface area contributed by atoms with E-state index in [1.807, 2.05) is 11.3 Å². The Hall–Kier alpha value is -1.12. The minimum absolute atomic E-state index is 0.147. The largest absolute Gasteiger partial charge is 0.143 e. The van der Waals surface area contributed by atoms with Gasteiger partial charge in [-0.15, -0.1) is 11.3 Å². The smallest absolute Gasteiger partial charge is 0.0661 e. The Kier molecular flexibility index (Phi) is 3.94. The van der Waals surface area contributed by atoms with E-state index in [1.54, 1.807) is 0 Å². The van der Waals surface area contributed by atoms with Gasteiger partial charge in [-0.3, -0.25) is 0 Å². The normalized spacial score (nSPS) is 13.5. The van der Waals surface area contributed by atoms with Gasteiger partial charge in [0.15, 0.2) is 0 Å². The molecule has 1 unspecified atom stereocenters. The van der Waals surface area contributed by atoms with E-state index in [0.717, 1.165) is 0 Å². The van der Waals surface area contributed by atoms with Crippen molar-refractivity contribution in [3.63, 3.8) is 0 Å². The summed E-state index contributed by atoms with van der Waals surface area (Å²) >= 11 is 5.76. The Morgan fingerprint density at radius 1 is 0.905 bits per heavy atom. The molecule has 21 heavy (non-hydrogen) atoms. The van der Waals surface area contributed by atoms with Crippen LogP contribution in [0, 0.1) is 0 Å². The van der Waals surface area contributed by atoms with Crippen molar-refractivity contribution in [1.29, 1.82) is 0 Å². The summed E-state index contributed by atoms with van der Waals surface area (Å²) in [6.45, 7) is 6.83. The van der Waals surface area contributed by atoms with E-state index < -0.39 is 0 Å². The molecule has 0 saturated heterocycles. The molecule has 3 rings (SSSR count). The van der Waals surface area contributed by atoms with Crippen LogP contribution in [-0.4, -0.2) is 0 Å². The average Bonchev–Trinajstić information content (AvgIpc) is 2.89. The van der Waals surface area contributed by atoms with E-state index in [9.17, 15) is 0 Å². The molecule has 0 nitrogen and oxygen atoms in total. The minimum atomic E-state index is 0.147. The molecule has 0 amide bonds. The molecular weight excluding hydrogens is 340 g/mol. The minimum Gasteiger partial charge on any atom is -0.143 e. The molecule has 2 aromatic carbocycles. The van der Waals surface area contributed by atoms with E-state index in [4.69, 9.17) is 0 Å². The average molecular weight is 359 g/mol. The number of fused-ring (bicyclic) bond motifs is 1. The molecule has 3 aromatic rings. The number of halogens is 1. The highest BCUT2D eigenvalue weighted by Gasteiger charge is 2.23. The van der Waals surface area contributed by atoms with Crippen LogP contribution in [0.5, 0.6) is 0 Å². The second-order valence-corrected chi connectivity index (χ2v) is 8.21. The highest BCUT2D eigenvalue weighted by molar-refractivity contribution is 9.09. The van der Waals surface area contributed by atoms with Crippen LogP contribution in [0.4, 0.5) is 0 Å². The van der Waals surface area contributed by atoms with Crippen LogP contribution in [-0.2, 0) is 5.41 Å². The SMILES string of the molecule is CC(C)(C)c1ccccc1C(Br)c1csc2ccccc12. The summed E-state index contributed by atoms with van der Waals surface area (Å²) in [5, 5.41) is 3.64. The number of hydrogen-bond donors (Lipinski definition) is 0. The molecule has 0 aliphatic rings. The van der Waals surface area contributed by atoms with Crippen LogP contribution in [0.3, 0.4) is 0 Å². The molecule has 0 saturated carbocycles. The maximum Gasteiger partial charge on any atom is 0.0661 e. The van der Waals surface area contributed by atoms with Gasteiger partial charge in [-0.1, -0.05) is 79.2 Å². The van der Waals surface area contributed by atoms with Gasteiger partial charge in [0.25, 0.3) is 0 Å². The first-order valence-electron chi connectivity index (χ1n) is 7.18. The topological polar surface area (TPSA) is 0 Å². The predicted octanol–water partition coefficient (Wildman–Crippen LogP) is 6.68. The molecular formula is C19H19BrS. The zero-order valence-electron chi connectivity index (χ0n) is 12.6. The van der Waals surface area contributed by atoms with Crippen molar-refractivity contribution in [3.8, 4) is 0 Å². The Labute approximate surface area is 139 Å². The molecule has 0 fully saturated rings. The third-order valence-corrected chi connectivity index (χ3v) is 5.79. The number of benzene rings is 2. The molecule has 1 heterocycles. The summed E-state index contributed by atoms with van der Waals surface area (Å²) in [5.74, 6) is 0. The highest BCUT2D eigenvalue weighted by Crippen LogP contribution is 2.42. The first-order chi connectivity index (χ1) is 9.98. The fourth-order valence-electron chi connectivity index (χ4n) is 2.76. The summed E-state index contributed by atoms with van der Waals surface area (Å²) in [7, 11) is 0. The molecule has 0 spiro atoms. The van der Waals surface area contributed by atoms with Crippen molar-refractivity contribution in [1.82, 2.24) is 0 Å². The lowest BCUT2D eigenvalue weighted by Gasteiger charge is -2.25. The zero-order chi connectivity index (χ0) is 15.0. The number of alkyl halides is 1. The van der Waals surface area contributed by atoms with Crippen LogP contribution >= 0.6 is 27.3 Å². The van der Waals surface area contributed by atoms with Crippen LogP contribution < -0.4 is 0 Å². The first-order valence-corrected chi connectivity index (χ1v) is 8.97. The van der Waals surface area contributed by atoms with E-state index in [1.165, 1.54) is 26.8 Å². The Morgan fingerprint density at radius 2 is 1.57 bits per heavy atom. The van der Waals surface area contributed by atoms with Gasteiger partial charge in [-0.2, -0.15) is 0 Å². The monoisotopic (exact) mass is 358 g/mol. The number of hydrogen-bond acceptors (Lipinski definition) is 1. The fraction of sp³-hybridized carbons (Fsp3) is 0.263. The molecule has 2 heteroatoms. The van der Waals surface area contributed by atoms with Gasteiger partial charge >= 0.3 is 0 Å². The summed E-state index contributed by atoms with van der Waals surface area (Å²) < 4.78 is 1.35. The van der Waals surface area contributed by atoms with Gasteiger partial charge < -0.3 is 0 Å². The lowest BCUT2D eigenvalue weighted by Crippen LogP contribution is -2.15. The molecule has 0 aliphatic carbocycles. The lowest BCUT2D eigenvalue weighted by atomic mass is 9.82. The van der Waals surface area contributed by atoms with E-state index in [-0.39, 0.29) is 10.2 Å². The van der Waals surface area contributed by atoms with E-state index >= 15 is 0 Å². The van der Waals surface area contributed by atoms with Crippen molar-refractivity contribution in [2.24, 2.45) is 0 Å². The maximum atomic E-state index is 3.94. The second-order valence-electron chi connectivity index (χ2n) is 6.39. The number of rotatable bonds is 2. The third-order valence-electron chi connectivity index (χ3n) is 3.83. The van der Waals surface area contributed by atoms with Crippen molar-refractivity contribution >= 4 is 37.4 Å². The van der Waals surface area contributed by atoms with E-state index in [0.29, 0.717) is 0 Å². The molecule has 0 bridgehead atoms. The molecule has 0 aliphatic heterocycles. The first kappa shape index (κ1) is 14.8. The third kappa shape index (κ3) is 2.79. The molecule has 1 aromatic heterocycles. The van der Waals surface area contributed by atoms with Crippen LogP contribution in [0.25, 0.3) is 10.1 Å². The molecule has 1 atom stereocenters. The van der Waals surface area contributed by atoms with Gasteiger partial charge in [0.2, 0.25) is 0 Å². The van der Waals surface area contributed by atoms with Gasteiger partial charge in [-0.05, 0) is 38.9 Å². The Morgan fingerprint density at radius 3 is 2.33 bits per heavy atom. The summed E-state index contributed by atoms with van der Waals surface area (Å²) in [6, 6.07) is 17.4. The standard InChI is InChI=1S/C19H19BrS/c1-19(2,3)16-10-6-4-9-14(16)18(20)15-12-21-17-11-7-5-8-13(15)17/h4-12,18H,1-3H3. The van der Waals surface area contributed by atoms with Gasteiger partial charge in [0.05, 0.1) is 4.83 Å². The van der Waals surface area contributed by atoms with Gasteiger partial charge in [0, 0.05) is 4.70 Å². The lowest BCUT2D eigenvalue weighted by molar-refractivity contribution is 0.584. The summed E-state index contributed by atoms with van der Waals surface area (Å²) in [4.78, 5) is 0.240. The summed E-state index contributed by atoms with van der Waals surface area (Å²) in [6.07, 6.45) is 0. The zero-order valence-corrected chi connectivity index (χ0v) is 15.0. The van der Waals surface area contributed by atoms with Crippen LogP contribution in [0.2, 0.25) is 0 Å². The van der Waals surface area contributed by atoms with Crippen molar-refractivity contribution in [2.75, 3.05) is 0 Å². The van der Waals surface area contributed by atoms with Gasteiger partial charge in [0.1, 0.15) is 0 Å². The molecule has 108 valence electrons. The van der Waals surface area contributed by atoms with Crippen molar-refractivity contribution in [2.45, 2.75) is 31.0 Å². The van der Waals surface area contributed by atoms with Crippen LogP contribution in [0.1, 0.15) is 42.3 Å². The highest BCUT2D eigenvalue weighted by atomic mass is 79.9. The van der Waals surface area contributed by atoms with Crippen molar-refractivity contribution < 1.29 is 0 Å². The molecule has 0 radical (unpaired) electrons. The fourth-order valence-corrected chi connectivity index (χ4v) is 4.70. The quantitative estimate of drug-likeness (QED) is 0.448. The van der Waals surface area contributed by atoms with E-state index in [2.05, 4.69) is 90.6 Å². The predicted molar refractivity (Wildman–Crippen MR) is 97.7 cm³/mol. The van der Waals surface area contributed by atoms with Crippen molar-refractivity contribution in [3.05, 3.63) is 70.6 Å². The Bertz CT molecular complexity index is 764. The van der Waals surface area contributed by atoms with Gasteiger partial charge in [-0.25, -0.2) is 0 Å². The number of thiophene rings is 1.